The quantitative estimate of drug-likeness (QED) is 0.733. The van der Waals surface area contributed by atoms with Crippen molar-refractivity contribution in [3.05, 3.63) is 58.7 Å². The molecule has 0 amide bonds. The molecule has 0 fully saturated rings. The van der Waals surface area contributed by atoms with E-state index in [0.29, 0.717) is 29.0 Å². The highest BCUT2D eigenvalue weighted by Crippen LogP contribution is 2.27. The molecule has 4 heteroatoms. The van der Waals surface area contributed by atoms with E-state index in [1.807, 2.05) is 77.9 Å². The van der Waals surface area contributed by atoms with Gasteiger partial charge in [-0.1, -0.05) is 12.1 Å². The third-order valence-electron chi connectivity index (χ3n) is 3.57. The third-order valence-corrected chi connectivity index (χ3v) is 3.57. The molecule has 0 atom stereocenters. The number of rotatable bonds is 4. The van der Waals surface area contributed by atoms with E-state index >= 15 is 0 Å². The van der Waals surface area contributed by atoms with Crippen molar-refractivity contribution in [1.82, 2.24) is 0 Å². The maximum atomic E-state index is 9.44. The Labute approximate surface area is 162 Å². The number of hydrogen-bond donors (Lipinski definition) is 0. The van der Waals surface area contributed by atoms with E-state index in [1.54, 1.807) is 0 Å². The highest BCUT2D eigenvalue weighted by atomic mass is 16.5. The first-order chi connectivity index (χ1) is 12.5. The molecule has 2 aromatic rings. The molecule has 0 aliphatic carbocycles. The van der Waals surface area contributed by atoms with Crippen LogP contribution in [0.3, 0.4) is 0 Å². The number of nitriles is 2. The average Bonchev–Trinajstić information content (AvgIpc) is 2.55. The van der Waals surface area contributed by atoms with Gasteiger partial charge in [0.15, 0.2) is 0 Å². The van der Waals surface area contributed by atoms with Crippen LogP contribution in [0.4, 0.5) is 0 Å². The maximum Gasteiger partial charge on any atom is 0.137 e. The Morgan fingerprint density at radius 2 is 1.07 bits per heavy atom. The van der Waals surface area contributed by atoms with Gasteiger partial charge in [0.25, 0.3) is 0 Å². The molecule has 140 valence electrons. The van der Waals surface area contributed by atoms with E-state index in [9.17, 15) is 10.5 Å². The fourth-order valence-electron chi connectivity index (χ4n) is 2.62. The van der Waals surface area contributed by atoms with Gasteiger partial charge >= 0.3 is 0 Å². The largest absolute Gasteiger partial charge is 0.487 e. The Bertz CT molecular complexity index is 828. The maximum absolute atomic E-state index is 9.44. The average molecular weight is 362 g/mol. The molecule has 0 spiro atoms. The van der Waals surface area contributed by atoms with Crippen molar-refractivity contribution in [1.29, 1.82) is 10.5 Å². The molecule has 0 radical (unpaired) electrons. The lowest BCUT2D eigenvalue weighted by molar-refractivity contribution is 0.130. The van der Waals surface area contributed by atoms with E-state index in [2.05, 4.69) is 12.1 Å². The topological polar surface area (TPSA) is 66.0 Å². The lowest BCUT2D eigenvalue weighted by atomic mass is 10.0. The second-order valence-electron chi connectivity index (χ2n) is 8.49. The Balaban J connectivity index is 2.27. The highest BCUT2D eigenvalue weighted by Gasteiger charge is 2.17. The van der Waals surface area contributed by atoms with Crippen molar-refractivity contribution < 1.29 is 9.47 Å². The van der Waals surface area contributed by atoms with Crippen molar-refractivity contribution in [3.63, 3.8) is 0 Å². The van der Waals surface area contributed by atoms with Crippen LogP contribution in [-0.2, 0) is 6.42 Å². The van der Waals surface area contributed by atoms with Gasteiger partial charge in [-0.05, 0) is 83.4 Å². The first-order valence-corrected chi connectivity index (χ1v) is 8.95. The van der Waals surface area contributed by atoms with Crippen LogP contribution >= 0.6 is 0 Å². The van der Waals surface area contributed by atoms with Crippen LogP contribution in [0.15, 0.2) is 36.4 Å². The van der Waals surface area contributed by atoms with Crippen molar-refractivity contribution in [2.24, 2.45) is 0 Å². The summed E-state index contributed by atoms with van der Waals surface area (Å²) in [4.78, 5) is 0. The Morgan fingerprint density at radius 3 is 1.37 bits per heavy atom. The van der Waals surface area contributed by atoms with Crippen LogP contribution in [0.2, 0.25) is 0 Å². The van der Waals surface area contributed by atoms with Crippen LogP contribution in [0.1, 0.15) is 63.8 Å². The van der Waals surface area contributed by atoms with Gasteiger partial charge < -0.3 is 9.47 Å². The summed E-state index contributed by atoms with van der Waals surface area (Å²) in [5.74, 6) is 1.17. The first-order valence-electron chi connectivity index (χ1n) is 8.95. The Kier molecular flexibility index (Phi) is 5.82. The molecule has 0 aliphatic rings. The van der Waals surface area contributed by atoms with Crippen molar-refractivity contribution in [3.8, 4) is 23.6 Å². The number of hydrogen-bond acceptors (Lipinski definition) is 4. The fourth-order valence-corrected chi connectivity index (χ4v) is 2.62. The molecular formula is C23H26N2O2. The predicted octanol–water partition coefficient (Wildman–Crippen LogP) is 5.38. The van der Waals surface area contributed by atoms with Gasteiger partial charge in [-0.15, -0.1) is 0 Å². The number of benzene rings is 2. The van der Waals surface area contributed by atoms with Gasteiger partial charge in [-0.25, -0.2) is 0 Å². The van der Waals surface area contributed by atoms with Gasteiger partial charge in [-0.2, -0.15) is 10.5 Å². The van der Waals surface area contributed by atoms with Crippen LogP contribution in [0.5, 0.6) is 11.5 Å². The standard InChI is InChI=1S/C23H26N2O2/c1-22(2,3)26-20-9-7-16(12-18(20)14-24)11-17-8-10-21(19(13-17)15-25)27-23(4,5)6/h7-10,12-13H,11H2,1-6H3. The molecule has 0 heterocycles. The molecule has 0 saturated heterocycles. The van der Waals surface area contributed by atoms with Gasteiger partial charge in [0, 0.05) is 0 Å². The number of nitrogens with zero attached hydrogens (tertiary/aromatic N) is 2. The Hall–Kier alpha value is -2.98. The summed E-state index contributed by atoms with van der Waals surface area (Å²) in [6, 6.07) is 15.7. The van der Waals surface area contributed by atoms with Gasteiger partial charge in [0.2, 0.25) is 0 Å². The second-order valence-corrected chi connectivity index (χ2v) is 8.49. The molecular weight excluding hydrogens is 336 g/mol. The van der Waals surface area contributed by atoms with Crippen molar-refractivity contribution >= 4 is 0 Å². The van der Waals surface area contributed by atoms with E-state index in [-0.39, 0.29) is 11.2 Å². The summed E-state index contributed by atoms with van der Waals surface area (Å²) in [5.41, 5.74) is 2.27. The fraction of sp³-hybridized carbons (Fsp3) is 0.391. The van der Waals surface area contributed by atoms with Crippen LogP contribution < -0.4 is 9.47 Å². The minimum absolute atomic E-state index is 0.363. The van der Waals surface area contributed by atoms with Crippen LogP contribution in [-0.4, -0.2) is 11.2 Å². The van der Waals surface area contributed by atoms with Gasteiger partial charge in [-0.3, -0.25) is 0 Å². The molecule has 0 aliphatic heterocycles. The first kappa shape index (κ1) is 20.3. The highest BCUT2D eigenvalue weighted by molar-refractivity contribution is 5.49. The summed E-state index contributed by atoms with van der Waals surface area (Å²) in [7, 11) is 0. The lowest BCUT2D eigenvalue weighted by Gasteiger charge is -2.22. The van der Waals surface area contributed by atoms with Gasteiger partial charge in [0.05, 0.1) is 11.1 Å². The minimum atomic E-state index is -0.363. The van der Waals surface area contributed by atoms with Crippen LogP contribution in [0, 0.1) is 22.7 Å². The predicted molar refractivity (Wildman–Crippen MR) is 106 cm³/mol. The Morgan fingerprint density at radius 1 is 0.704 bits per heavy atom. The van der Waals surface area contributed by atoms with E-state index in [4.69, 9.17) is 9.47 Å². The van der Waals surface area contributed by atoms with Crippen molar-refractivity contribution in [2.75, 3.05) is 0 Å². The summed E-state index contributed by atoms with van der Waals surface area (Å²) in [5, 5.41) is 18.9. The molecule has 2 aromatic carbocycles. The zero-order chi connectivity index (χ0) is 20.2. The molecule has 27 heavy (non-hydrogen) atoms. The SMILES string of the molecule is CC(C)(C)Oc1ccc(Cc2ccc(OC(C)(C)C)c(C#N)c2)cc1C#N. The zero-order valence-electron chi connectivity index (χ0n) is 16.9. The molecule has 0 unspecified atom stereocenters. The summed E-state index contributed by atoms with van der Waals surface area (Å²) in [6.07, 6.45) is 0.620. The van der Waals surface area contributed by atoms with Gasteiger partial charge in [0.1, 0.15) is 34.8 Å². The lowest BCUT2D eigenvalue weighted by Crippen LogP contribution is -2.23. The molecule has 0 saturated carbocycles. The molecule has 0 bridgehead atoms. The van der Waals surface area contributed by atoms with Crippen LogP contribution in [0.25, 0.3) is 0 Å². The zero-order valence-corrected chi connectivity index (χ0v) is 16.9. The summed E-state index contributed by atoms with van der Waals surface area (Å²) in [6.45, 7) is 11.7. The number of ether oxygens (including phenoxy) is 2. The molecule has 0 aromatic heterocycles. The summed E-state index contributed by atoms with van der Waals surface area (Å²) >= 11 is 0. The van der Waals surface area contributed by atoms with E-state index in [1.165, 1.54) is 0 Å². The molecule has 0 N–H and O–H groups in total. The monoisotopic (exact) mass is 362 g/mol. The van der Waals surface area contributed by atoms with Crippen molar-refractivity contribution in [2.45, 2.75) is 59.2 Å². The molecule has 4 nitrogen and oxygen atoms in total. The molecule has 2 rings (SSSR count). The normalized spacial score (nSPS) is 11.4. The third kappa shape index (κ3) is 6.04. The summed E-state index contributed by atoms with van der Waals surface area (Å²) < 4.78 is 11.7. The smallest absolute Gasteiger partial charge is 0.137 e. The van der Waals surface area contributed by atoms with E-state index in [0.717, 1.165) is 11.1 Å². The second kappa shape index (κ2) is 7.72. The minimum Gasteiger partial charge on any atom is -0.487 e. The van der Waals surface area contributed by atoms with E-state index < -0.39 is 0 Å².